The van der Waals surface area contributed by atoms with Gasteiger partial charge in [-0.05, 0) is 37.2 Å². The van der Waals surface area contributed by atoms with Gasteiger partial charge in [-0.1, -0.05) is 69.7 Å². The largest absolute Gasteiger partial charge is 0.353 e. The maximum Gasteiger partial charge on any atom is 0.223 e. The van der Waals surface area contributed by atoms with Gasteiger partial charge in [0.2, 0.25) is 5.91 Å². The van der Waals surface area contributed by atoms with Crippen molar-refractivity contribution in [1.29, 1.82) is 0 Å². The molecule has 2 fully saturated rings. The van der Waals surface area contributed by atoms with Crippen LogP contribution in [0.4, 0.5) is 0 Å². The summed E-state index contributed by atoms with van der Waals surface area (Å²) in [5.41, 5.74) is 2.10. The van der Waals surface area contributed by atoms with Crippen LogP contribution < -0.4 is 5.32 Å². The Hall–Kier alpha value is -1.64. The molecule has 0 saturated heterocycles. The second kappa shape index (κ2) is 9.34. The van der Waals surface area contributed by atoms with Gasteiger partial charge in [0.1, 0.15) is 0 Å². The molecule has 142 valence electrons. The molecule has 0 heterocycles. The minimum absolute atomic E-state index is 0.0316. The van der Waals surface area contributed by atoms with Crippen molar-refractivity contribution in [3.8, 4) is 0 Å². The number of nitrogens with one attached hydrogen (secondary N) is 1. The Morgan fingerprint density at radius 2 is 1.50 bits per heavy atom. The number of Topliss-reactive ketones (excluding diaryl/α,β-unsaturated/α-hetero) is 1. The predicted octanol–water partition coefficient (Wildman–Crippen LogP) is 5.39. The fraction of sp³-hybridized carbons (Fsp3) is 0.652. The summed E-state index contributed by atoms with van der Waals surface area (Å²) in [4.78, 5) is 24.9. The van der Waals surface area contributed by atoms with E-state index in [1.54, 1.807) is 0 Å². The third-order valence-corrected chi connectivity index (χ3v) is 6.20. The molecule has 1 aromatic rings. The molecule has 1 unspecified atom stereocenters. The van der Waals surface area contributed by atoms with Crippen LogP contribution in [0.2, 0.25) is 0 Å². The van der Waals surface area contributed by atoms with Crippen molar-refractivity contribution in [3.63, 3.8) is 0 Å². The van der Waals surface area contributed by atoms with Crippen molar-refractivity contribution < 1.29 is 9.59 Å². The van der Waals surface area contributed by atoms with E-state index in [-0.39, 0.29) is 17.6 Å². The van der Waals surface area contributed by atoms with Gasteiger partial charge in [0.15, 0.2) is 5.78 Å². The monoisotopic (exact) mass is 355 g/mol. The zero-order valence-electron chi connectivity index (χ0n) is 16.1. The van der Waals surface area contributed by atoms with Gasteiger partial charge >= 0.3 is 0 Å². The number of ketones is 1. The van der Waals surface area contributed by atoms with E-state index in [2.05, 4.69) is 17.4 Å². The average molecular weight is 356 g/mol. The molecule has 0 radical (unpaired) electrons. The highest BCUT2D eigenvalue weighted by atomic mass is 16.2. The van der Waals surface area contributed by atoms with Crippen molar-refractivity contribution >= 4 is 11.7 Å². The summed E-state index contributed by atoms with van der Waals surface area (Å²) in [6.45, 7) is 1.87. The van der Waals surface area contributed by atoms with E-state index in [1.807, 2.05) is 19.1 Å². The quantitative estimate of drug-likeness (QED) is 0.695. The van der Waals surface area contributed by atoms with Crippen LogP contribution in [0, 0.1) is 5.92 Å². The number of carbonyl (C=O) groups excluding carboxylic acids is 2. The number of amides is 1. The minimum atomic E-state index is -0.262. The molecule has 26 heavy (non-hydrogen) atoms. The number of rotatable bonds is 6. The molecule has 3 rings (SSSR count). The smallest absolute Gasteiger partial charge is 0.223 e. The van der Waals surface area contributed by atoms with Crippen LogP contribution in [-0.2, 0) is 4.79 Å². The van der Waals surface area contributed by atoms with E-state index in [9.17, 15) is 9.59 Å². The van der Waals surface area contributed by atoms with E-state index in [1.165, 1.54) is 56.9 Å². The zero-order chi connectivity index (χ0) is 18.4. The number of hydrogen-bond acceptors (Lipinski definition) is 2. The van der Waals surface area contributed by atoms with Crippen LogP contribution in [0.3, 0.4) is 0 Å². The van der Waals surface area contributed by atoms with Gasteiger partial charge in [-0.2, -0.15) is 0 Å². The van der Waals surface area contributed by atoms with Crippen molar-refractivity contribution in [2.75, 3.05) is 0 Å². The van der Waals surface area contributed by atoms with Crippen LogP contribution in [0.5, 0.6) is 0 Å². The van der Waals surface area contributed by atoms with Gasteiger partial charge in [-0.3, -0.25) is 9.59 Å². The first-order chi connectivity index (χ1) is 12.6. The SMILES string of the molecule is CC(CC(=O)c1ccc(C2CCCCC2)cc1)C(=O)NC1CCCCC1. The molecule has 0 bridgehead atoms. The molecule has 3 heteroatoms. The fourth-order valence-corrected chi connectivity index (χ4v) is 4.46. The Morgan fingerprint density at radius 3 is 2.12 bits per heavy atom. The third kappa shape index (κ3) is 5.18. The molecule has 2 aliphatic carbocycles. The number of hydrogen-bond donors (Lipinski definition) is 1. The maximum absolute atomic E-state index is 12.6. The van der Waals surface area contributed by atoms with Crippen molar-refractivity contribution in [1.82, 2.24) is 5.32 Å². The van der Waals surface area contributed by atoms with Crippen LogP contribution in [0.15, 0.2) is 24.3 Å². The molecule has 1 atom stereocenters. The number of benzene rings is 1. The molecule has 3 nitrogen and oxygen atoms in total. The normalized spacial score (nSPS) is 20.5. The van der Waals surface area contributed by atoms with Crippen LogP contribution in [-0.4, -0.2) is 17.7 Å². The molecule has 1 N–H and O–H groups in total. The van der Waals surface area contributed by atoms with Crippen molar-refractivity contribution in [2.24, 2.45) is 5.92 Å². The average Bonchev–Trinajstić information content (AvgIpc) is 2.69. The Labute approximate surface area is 157 Å². The topological polar surface area (TPSA) is 46.2 Å². The van der Waals surface area contributed by atoms with Crippen LogP contribution in [0.25, 0.3) is 0 Å². The van der Waals surface area contributed by atoms with E-state index < -0.39 is 0 Å². The summed E-state index contributed by atoms with van der Waals surface area (Å²) in [6, 6.07) is 8.46. The summed E-state index contributed by atoms with van der Waals surface area (Å²) in [5.74, 6) is 0.506. The summed E-state index contributed by atoms with van der Waals surface area (Å²) < 4.78 is 0. The molecule has 0 spiro atoms. The third-order valence-electron chi connectivity index (χ3n) is 6.20. The summed E-state index contributed by atoms with van der Waals surface area (Å²) >= 11 is 0. The molecule has 2 saturated carbocycles. The van der Waals surface area contributed by atoms with Gasteiger partial charge in [0, 0.05) is 23.9 Å². The predicted molar refractivity (Wildman–Crippen MR) is 105 cm³/mol. The van der Waals surface area contributed by atoms with E-state index in [0.717, 1.165) is 18.4 Å². The highest BCUT2D eigenvalue weighted by Crippen LogP contribution is 2.32. The van der Waals surface area contributed by atoms with Gasteiger partial charge in [-0.25, -0.2) is 0 Å². The summed E-state index contributed by atoms with van der Waals surface area (Å²) in [5, 5.41) is 3.14. The van der Waals surface area contributed by atoms with Crippen molar-refractivity contribution in [3.05, 3.63) is 35.4 Å². The lowest BCUT2D eigenvalue weighted by Gasteiger charge is -2.24. The lowest BCUT2D eigenvalue weighted by atomic mass is 9.83. The highest BCUT2D eigenvalue weighted by Gasteiger charge is 2.22. The molecule has 2 aliphatic rings. The molecule has 0 aliphatic heterocycles. The molecule has 1 amide bonds. The fourth-order valence-electron chi connectivity index (χ4n) is 4.46. The van der Waals surface area contributed by atoms with Gasteiger partial charge in [0.05, 0.1) is 0 Å². The summed E-state index contributed by atoms with van der Waals surface area (Å²) in [7, 11) is 0. The standard InChI is InChI=1S/C23H33NO2/c1-17(23(26)24-21-10-6-3-7-11-21)16-22(25)20-14-12-19(13-15-20)18-8-4-2-5-9-18/h12-15,17-18,21H,2-11,16H2,1H3,(H,24,26). The zero-order valence-corrected chi connectivity index (χ0v) is 16.1. The maximum atomic E-state index is 12.6. The first-order valence-corrected chi connectivity index (χ1v) is 10.6. The Morgan fingerprint density at radius 1 is 0.923 bits per heavy atom. The first-order valence-electron chi connectivity index (χ1n) is 10.6. The van der Waals surface area contributed by atoms with Gasteiger partial charge < -0.3 is 5.32 Å². The molecule has 0 aromatic heterocycles. The second-order valence-electron chi connectivity index (χ2n) is 8.33. The lowest BCUT2D eigenvalue weighted by molar-refractivity contribution is -0.125. The first kappa shape index (κ1) is 19.1. The Bertz CT molecular complexity index is 595. The van der Waals surface area contributed by atoms with Crippen LogP contribution in [0.1, 0.15) is 99.4 Å². The molecular formula is C23H33NO2. The Balaban J connectivity index is 1.50. The highest BCUT2D eigenvalue weighted by molar-refractivity contribution is 5.98. The Kier molecular flexibility index (Phi) is 6.87. The molecule has 1 aromatic carbocycles. The summed E-state index contributed by atoms with van der Waals surface area (Å²) in [6.07, 6.45) is 12.7. The van der Waals surface area contributed by atoms with E-state index >= 15 is 0 Å². The van der Waals surface area contributed by atoms with Gasteiger partial charge in [0.25, 0.3) is 0 Å². The lowest BCUT2D eigenvalue weighted by Crippen LogP contribution is -2.39. The molecular weight excluding hydrogens is 322 g/mol. The van der Waals surface area contributed by atoms with Crippen LogP contribution >= 0.6 is 0 Å². The van der Waals surface area contributed by atoms with E-state index in [0.29, 0.717) is 18.4 Å². The number of carbonyl (C=O) groups is 2. The van der Waals surface area contributed by atoms with Crippen molar-refractivity contribution in [2.45, 2.75) is 89.5 Å². The van der Waals surface area contributed by atoms with Gasteiger partial charge in [-0.15, -0.1) is 0 Å². The second-order valence-corrected chi connectivity index (χ2v) is 8.33. The minimum Gasteiger partial charge on any atom is -0.353 e. The van der Waals surface area contributed by atoms with E-state index in [4.69, 9.17) is 0 Å².